The van der Waals surface area contributed by atoms with Crippen LogP contribution in [0.4, 0.5) is 0 Å². The minimum absolute atomic E-state index is 0.0202. The van der Waals surface area contributed by atoms with Gasteiger partial charge in [-0.1, -0.05) is 231 Å². The smallest absolute Gasteiger partial charge is 0.0892 e. The van der Waals surface area contributed by atoms with Crippen molar-refractivity contribution in [3.8, 4) is 76.8 Å². The third-order valence-electron chi connectivity index (χ3n) is 19.4. The largest absolute Gasteiger partial charge is 0.255 e. The van der Waals surface area contributed by atoms with Gasteiger partial charge in [0.25, 0.3) is 0 Å². The molecule has 0 atom stereocenters. The first-order valence-electron chi connectivity index (χ1n) is 34.1. The Kier molecular flexibility index (Phi) is 22.2. The van der Waals surface area contributed by atoms with Crippen LogP contribution in [-0.4, -0.2) is 9.97 Å². The summed E-state index contributed by atoms with van der Waals surface area (Å²) in [5.74, 6) is 0. The molecule has 4 heterocycles. The SMILES string of the molecule is CCCCCCc1ccc(-c2ccc3c(c2)C(CCCCCC)(CCCCCC)c2cc(-c4ccnc(-c5cc(-c6ccc7c(c6)C(CCCCCC)(CCCCCC)c6cc(-c8ccc(CCCCCC)s8)ccc6-7)ccn5)c4)ccc2-3)s1. The molecule has 0 N–H and O–H groups in total. The number of rotatable bonds is 35. The van der Waals surface area contributed by atoms with Gasteiger partial charge in [-0.25, -0.2) is 0 Å². The number of aryl methyl sites for hydroxylation is 2. The molecule has 0 amide bonds. The molecular formula is C80H100N2S2. The third kappa shape index (κ3) is 14.0. The Bertz CT molecular complexity index is 3120. The number of unbranched alkanes of at least 4 members (excludes halogenated alkanes) is 18. The van der Waals surface area contributed by atoms with Crippen LogP contribution in [-0.2, 0) is 23.7 Å². The molecule has 10 rings (SSSR count). The lowest BCUT2D eigenvalue weighted by Crippen LogP contribution is -2.25. The molecule has 0 bridgehead atoms. The molecule has 2 aliphatic rings. The van der Waals surface area contributed by atoms with Crippen molar-refractivity contribution in [2.75, 3.05) is 0 Å². The number of hydrogen-bond donors (Lipinski definition) is 0. The molecular weight excluding hydrogens is 1050 g/mol. The Morgan fingerprint density at radius 1 is 0.286 bits per heavy atom. The monoisotopic (exact) mass is 1150 g/mol. The quantitative estimate of drug-likeness (QED) is 0.0370. The summed E-state index contributed by atoms with van der Waals surface area (Å²) in [6, 6.07) is 48.7. The van der Waals surface area contributed by atoms with Crippen LogP contribution in [0.2, 0.25) is 0 Å². The van der Waals surface area contributed by atoms with E-state index in [9.17, 15) is 0 Å². The van der Waals surface area contributed by atoms with E-state index in [1.54, 1.807) is 11.1 Å². The van der Waals surface area contributed by atoms with Crippen LogP contribution in [0, 0.1) is 0 Å². The molecule has 8 aromatic rings. The van der Waals surface area contributed by atoms with Crippen molar-refractivity contribution in [3.63, 3.8) is 0 Å². The molecule has 2 nitrogen and oxygen atoms in total. The first-order chi connectivity index (χ1) is 41.4. The van der Waals surface area contributed by atoms with E-state index >= 15 is 0 Å². The van der Waals surface area contributed by atoms with Gasteiger partial charge < -0.3 is 0 Å². The zero-order chi connectivity index (χ0) is 58.1. The Balaban J connectivity index is 0.982. The summed E-state index contributed by atoms with van der Waals surface area (Å²) in [5, 5.41) is 0. The fourth-order valence-corrected chi connectivity index (χ4v) is 16.8. The number of hydrogen-bond acceptors (Lipinski definition) is 4. The van der Waals surface area contributed by atoms with E-state index in [1.165, 1.54) is 279 Å². The van der Waals surface area contributed by atoms with Crippen molar-refractivity contribution >= 4 is 22.7 Å². The van der Waals surface area contributed by atoms with Gasteiger partial charge in [0.2, 0.25) is 0 Å². The first-order valence-corrected chi connectivity index (χ1v) is 35.7. The lowest BCUT2D eigenvalue weighted by atomic mass is 9.70. The zero-order valence-corrected chi connectivity index (χ0v) is 54.3. The molecule has 0 saturated carbocycles. The van der Waals surface area contributed by atoms with Crippen molar-refractivity contribution in [3.05, 3.63) is 166 Å². The van der Waals surface area contributed by atoms with Gasteiger partial charge in [0.15, 0.2) is 0 Å². The normalized spacial score (nSPS) is 13.5. The number of benzene rings is 4. The molecule has 4 heteroatoms. The predicted octanol–water partition coefficient (Wildman–Crippen LogP) is 25.6. The van der Waals surface area contributed by atoms with Gasteiger partial charge in [0.1, 0.15) is 0 Å². The standard InChI is InChI=1S/C80H100N2S2/c1-7-13-19-25-31-65-37-43-77(83-65)63-35-41-69-67-39-33-59(53-71(67)79(73(69)55-63,47-27-21-15-9-3)48-28-22-16-10-4)61-45-51-81-75(57-61)76-58-62(46-52-82-76)60-34-40-68-70-42-36-64(78-44-38-66(84-78)32-26-20-14-8-2)56-74(70)80(72(68)54-60,49-29-23-17-11-5)50-30-24-18-12-6/h33-46,51-58H,7-32,47-50H2,1-6H3. The molecule has 0 spiro atoms. The Morgan fingerprint density at radius 3 is 0.917 bits per heavy atom. The number of pyridine rings is 2. The predicted molar refractivity (Wildman–Crippen MR) is 368 cm³/mol. The van der Waals surface area contributed by atoms with E-state index < -0.39 is 0 Å². The van der Waals surface area contributed by atoms with Gasteiger partial charge in [-0.3, -0.25) is 9.97 Å². The van der Waals surface area contributed by atoms with E-state index in [2.05, 4.69) is 163 Å². The lowest BCUT2D eigenvalue weighted by molar-refractivity contribution is 0.401. The molecule has 442 valence electrons. The minimum Gasteiger partial charge on any atom is -0.255 e. The molecule has 0 fully saturated rings. The highest BCUT2D eigenvalue weighted by molar-refractivity contribution is 7.15. The summed E-state index contributed by atoms with van der Waals surface area (Å²) in [6.45, 7) is 14.0. The van der Waals surface area contributed by atoms with Crippen LogP contribution in [0.25, 0.3) is 76.8 Å². The molecule has 4 aromatic carbocycles. The van der Waals surface area contributed by atoms with E-state index in [4.69, 9.17) is 9.97 Å². The summed E-state index contributed by atoms with van der Waals surface area (Å²) < 4.78 is 0. The van der Waals surface area contributed by atoms with Gasteiger partial charge in [-0.2, -0.15) is 0 Å². The van der Waals surface area contributed by atoms with Gasteiger partial charge in [-0.15, -0.1) is 22.7 Å². The summed E-state index contributed by atoms with van der Waals surface area (Å²) in [7, 11) is 0. The average molecular weight is 1150 g/mol. The van der Waals surface area contributed by atoms with Crippen molar-refractivity contribution in [2.45, 2.75) is 245 Å². The van der Waals surface area contributed by atoms with Gasteiger partial charge in [-0.05, 0) is 202 Å². The Morgan fingerprint density at radius 2 is 0.583 bits per heavy atom. The topological polar surface area (TPSA) is 25.8 Å². The highest BCUT2D eigenvalue weighted by Gasteiger charge is 2.44. The fourth-order valence-electron chi connectivity index (χ4n) is 14.7. The van der Waals surface area contributed by atoms with Crippen LogP contribution in [0.3, 0.4) is 0 Å². The van der Waals surface area contributed by atoms with Crippen LogP contribution in [0.5, 0.6) is 0 Å². The summed E-state index contributed by atoms with van der Waals surface area (Å²) in [5.41, 5.74) is 21.5. The summed E-state index contributed by atoms with van der Waals surface area (Å²) in [4.78, 5) is 16.1. The lowest BCUT2D eigenvalue weighted by Gasteiger charge is -2.33. The van der Waals surface area contributed by atoms with E-state index in [1.807, 2.05) is 35.1 Å². The molecule has 4 aromatic heterocycles. The van der Waals surface area contributed by atoms with E-state index in [-0.39, 0.29) is 10.8 Å². The average Bonchev–Trinajstić information content (AvgIpc) is 1.70. The van der Waals surface area contributed by atoms with Gasteiger partial charge >= 0.3 is 0 Å². The second kappa shape index (κ2) is 30.3. The molecule has 2 aliphatic carbocycles. The van der Waals surface area contributed by atoms with Crippen LogP contribution < -0.4 is 0 Å². The van der Waals surface area contributed by atoms with Crippen molar-refractivity contribution in [2.24, 2.45) is 0 Å². The molecule has 84 heavy (non-hydrogen) atoms. The first kappa shape index (κ1) is 61.7. The number of thiophene rings is 2. The Hall–Kier alpha value is -5.42. The highest BCUT2D eigenvalue weighted by atomic mass is 32.1. The van der Waals surface area contributed by atoms with Crippen LogP contribution in [0.1, 0.15) is 253 Å². The van der Waals surface area contributed by atoms with Gasteiger partial charge in [0.05, 0.1) is 11.4 Å². The number of nitrogens with zero attached hydrogens (tertiary/aromatic N) is 2. The maximum atomic E-state index is 5.09. The van der Waals surface area contributed by atoms with E-state index in [0.717, 1.165) is 11.4 Å². The number of aromatic nitrogens is 2. The number of fused-ring (bicyclic) bond motifs is 6. The summed E-state index contributed by atoms with van der Waals surface area (Å²) >= 11 is 4.04. The third-order valence-corrected chi connectivity index (χ3v) is 21.8. The maximum absolute atomic E-state index is 5.09. The molecule has 0 unspecified atom stereocenters. The summed E-state index contributed by atoms with van der Waals surface area (Å²) in [6.07, 6.45) is 42.1. The molecule has 0 saturated heterocycles. The van der Waals surface area contributed by atoms with Crippen LogP contribution in [0.15, 0.2) is 134 Å². The highest BCUT2D eigenvalue weighted by Crippen LogP contribution is 2.58. The van der Waals surface area contributed by atoms with Crippen molar-refractivity contribution in [1.29, 1.82) is 0 Å². The maximum Gasteiger partial charge on any atom is 0.0892 e. The second-order valence-electron chi connectivity index (χ2n) is 25.5. The van der Waals surface area contributed by atoms with Crippen molar-refractivity contribution in [1.82, 2.24) is 9.97 Å². The van der Waals surface area contributed by atoms with E-state index in [0.29, 0.717) is 0 Å². The minimum atomic E-state index is -0.0202. The molecule has 0 radical (unpaired) electrons. The van der Waals surface area contributed by atoms with Crippen molar-refractivity contribution < 1.29 is 0 Å². The molecule has 0 aliphatic heterocycles. The zero-order valence-electron chi connectivity index (χ0n) is 52.6. The van der Waals surface area contributed by atoms with Gasteiger partial charge in [0, 0.05) is 42.7 Å². The Labute approximate surface area is 516 Å². The van der Waals surface area contributed by atoms with Crippen LogP contribution >= 0.6 is 22.7 Å². The fraction of sp³-hybridized carbons (Fsp3) is 0.475. The second-order valence-corrected chi connectivity index (χ2v) is 27.8.